The average molecular weight is 377 g/mol. The summed E-state index contributed by atoms with van der Waals surface area (Å²) >= 11 is 0. The van der Waals surface area contributed by atoms with Gasteiger partial charge >= 0.3 is 0 Å². The summed E-state index contributed by atoms with van der Waals surface area (Å²) in [6, 6.07) is 8.68. The van der Waals surface area contributed by atoms with E-state index < -0.39 is 20.9 Å². The second-order valence-corrected chi connectivity index (χ2v) is 8.10. The molecule has 0 radical (unpaired) electrons. The number of carbonyl (C=O) groups excluding carboxylic acids is 1. The molecule has 9 heteroatoms. The summed E-state index contributed by atoms with van der Waals surface area (Å²) in [6.45, 7) is 3.24. The number of hydrogen-bond donors (Lipinski definition) is 1. The Labute approximate surface area is 151 Å². The van der Waals surface area contributed by atoms with Crippen LogP contribution in [-0.4, -0.2) is 37.6 Å². The Morgan fingerprint density at radius 3 is 2.27 bits per heavy atom. The fourth-order valence-corrected chi connectivity index (χ4v) is 3.45. The van der Waals surface area contributed by atoms with Gasteiger partial charge in [0.05, 0.1) is 9.82 Å². The molecule has 0 aliphatic rings. The minimum absolute atomic E-state index is 0.0789. The summed E-state index contributed by atoms with van der Waals surface area (Å²) in [5, 5.41) is 13.6. The van der Waals surface area contributed by atoms with Crippen LogP contribution in [0.1, 0.15) is 21.5 Å². The zero-order valence-corrected chi connectivity index (χ0v) is 15.6. The number of anilines is 1. The third-order valence-corrected chi connectivity index (χ3v) is 5.83. The number of nitro groups is 1. The maximum atomic E-state index is 12.4. The average Bonchev–Trinajstić information content (AvgIpc) is 2.56. The Morgan fingerprint density at radius 1 is 1.08 bits per heavy atom. The minimum Gasteiger partial charge on any atom is -0.322 e. The van der Waals surface area contributed by atoms with Gasteiger partial charge in [-0.05, 0) is 37.6 Å². The first-order chi connectivity index (χ1) is 12.0. The van der Waals surface area contributed by atoms with Gasteiger partial charge < -0.3 is 5.32 Å². The van der Waals surface area contributed by atoms with Crippen LogP contribution in [0, 0.1) is 24.0 Å². The van der Waals surface area contributed by atoms with Crippen molar-refractivity contribution in [2.75, 3.05) is 19.4 Å². The molecule has 138 valence electrons. The molecule has 0 aliphatic carbocycles. The number of nitrogens with one attached hydrogen (secondary N) is 1. The first kappa shape index (κ1) is 19.5. The highest BCUT2D eigenvalue weighted by atomic mass is 32.2. The molecule has 2 aromatic rings. The molecule has 0 saturated heterocycles. The number of aryl methyl sites for hydroxylation is 2. The predicted molar refractivity (Wildman–Crippen MR) is 97.8 cm³/mol. The van der Waals surface area contributed by atoms with Crippen molar-refractivity contribution in [3.05, 3.63) is 63.2 Å². The molecule has 0 heterocycles. The molecule has 0 spiro atoms. The maximum Gasteiger partial charge on any atom is 0.273 e. The van der Waals surface area contributed by atoms with Crippen LogP contribution in [-0.2, 0) is 10.0 Å². The van der Waals surface area contributed by atoms with E-state index in [4.69, 9.17) is 0 Å². The van der Waals surface area contributed by atoms with E-state index >= 15 is 0 Å². The molecule has 0 unspecified atom stereocenters. The van der Waals surface area contributed by atoms with Crippen LogP contribution in [0.15, 0.2) is 41.3 Å². The smallest absolute Gasteiger partial charge is 0.273 e. The van der Waals surface area contributed by atoms with E-state index in [9.17, 15) is 23.3 Å². The largest absolute Gasteiger partial charge is 0.322 e. The van der Waals surface area contributed by atoms with Gasteiger partial charge in [0.1, 0.15) is 0 Å². The first-order valence-corrected chi connectivity index (χ1v) is 9.07. The topological polar surface area (TPSA) is 110 Å². The second kappa shape index (κ2) is 7.22. The molecule has 2 aromatic carbocycles. The van der Waals surface area contributed by atoms with Gasteiger partial charge in [-0.2, -0.15) is 0 Å². The third-order valence-electron chi connectivity index (χ3n) is 3.87. The van der Waals surface area contributed by atoms with Gasteiger partial charge in [-0.3, -0.25) is 14.9 Å². The van der Waals surface area contributed by atoms with Crippen LogP contribution in [0.2, 0.25) is 0 Å². The lowest BCUT2D eigenvalue weighted by Gasteiger charge is -2.15. The fraction of sp³-hybridized carbons (Fsp3) is 0.235. The number of rotatable bonds is 5. The summed E-state index contributed by atoms with van der Waals surface area (Å²) in [7, 11) is -0.817. The van der Waals surface area contributed by atoms with Gasteiger partial charge in [-0.15, -0.1) is 0 Å². The molecule has 1 N–H and O–H groups in total. The Morgan fingerprint density at radius 2 is 1.69 bits per heavy atom. The monoisotopic (exact) mass is 377 g/mol. The molecule has 0 saturated carbocycles. The summed E-state index contributed by atoms with van der Waals surface area (Å²) in [4.78, 5) is 22.9. The molecular weight excluding hydrogens is 358 g/mol. The number of sulfonamides is 1. The van der Waals surface area contributed by atoms with Gasteiger partial charge in [-0.25, -0.2) is 12.7 Å². The Bertz CT molecular complexity index is 984. The van der Waals surface area contributed by atoms with Crippen molar-refractivity contribution >= 4 is 27.3 Å². The van der Waals surface area contributed by atoms with Crippen molar-refractivity contribution in [2.45, 2.75) is 18.7 Å². The Balaban J connectivity index is 2.36. The quantitative estimate of drug-likeness (QED) is 0.636. The molecular formula is C17H19N3O5S. The van der Waals surface area contributed by atoms with E-state index in [0.29, 0.717) is 11.1 Å². The second-order valence-electron chi connectivity index (χ2n) is 5.98. The SMILES string of the molecule is Cc1ccc(C(=O)Nc2ccc(C)c(S(=O)(=O)N(C)C)c2)cc1[N+](=O)[O-]. The lowest BCUT2D eigenvalue weighted by Crippen LogP contribution is -2.23. The van der Waals surface area contributed by atoms with Gasteiger partial charge in [-0.1, -0.05) is 12.1 Å². The minimum atomic E-state index is -3.66. The number of carbonyl (C=O) groups is 1. The van der Waals surface area contributed by atoms with Crippen LogP contribution in [0.3, 0.4) is 0 Å². The number of nitrogens with zero attached hydrogens (tertiary/aromatic N) is 2. The highest BCUT2D eigenvalue weighted by molar-refractivity contribution is 7.89. The predicted octanol–water partition coefficient (Wildman–Crippen LogP) is 2.71. The molecule has 0 aromatic heterocycles. The van der Waals surface area contributed by atoms with Gasteiger partial charge in [0.25, 0.3) is 11.6 Å². The van der Waals surface area contributed by atoms with Crippen molar-refractivity contribution in [3.63, 3.8) is 0 Å². The lowest BCUT2D eigenvalue weighted by molar-refractivity contribution is -0.385. The molecule has 0 bridgehead atoms. The number of benzene rings is 2. The zero-order valence-electron chi connectivity index (χ0n) is 14.8. The van der Waals surface area contributed by atoms with E-state index in [2.05, 4.69) is 5.32 Å². The first-order valence-electron chi connectivity index (χ1n) is 7.63. The van der Waals surface area contributed by atoms with Crippen LogP contribution < -0.4 is 5.32 Å². The van der Waals surface area contributed by atoms with Crippen molar-refractivity contribution in [2.24, 2.45) is 0 Å². The Kier molecular flexibility index (Phi) is 5.43. The van der Waals surface area contributed by atoms with E-state index in [1.54, 1.807) is 26.0 Å². The molecule has 0 fully saturated rings. The van der Waals surface area contributed by atoms with Crippen molar-refractivity contribution in [1.82, 2.24) is 4.31 Å². The zero-order chi connectivity index (χ0) is 19.6. The van der Waals surface area contributed by atoms with Crippen molar-refractivity contribution in [3.8, 4) is 0 Å². The third kappa shape index (κ3) is 3.89. The van der Waals surface area contributed by atoms with E-state index in [-0.39, 0.29) is 21.8 Å². The van der Waals surface area contributed by atoms with Gasteiger partial charge in [0.2, 0.25) is 10.0 Å². The Hall–Kier alpha value is -2.78. The van der Waals surface area contributed by atoms with Crippen LogP contribution in [0.5, 0.6) is 0 Å². The maximum absolute atomic E-state index is 12.4. The molecule has 0 aliphatic heterocycles. The molecule has 1 amide bonds. The summed E-state index contributed by atoms with van der Waals surface area (Å²) in [6.07, 6.45) is 0. The van der Waals surface area contributed by atoms with Crippen LogP contribution in [0.25, 0.3) is 0 Å². The summed E-state index contributed by atoms with van der Waals surface area (Å²) in [5.74, 6) is -0.565. The summed E-state index contributed by atoms with van der Waals surface area (Å²) in [5.41, 5.74) is 1.23. The van der Waals surface area contributed by atoms with Crippen molar-refractivity contribution in [1.29, 1.82) is 0 Å². The molecule has 2 rings (SSSR count). The van der Waals surface area contributed by atoms with Crippen molar-refractivity contribution < 1.29 is 18.1 Å². The molecule has 8 nitrogen and oxygen atoms in total. The fourth-order valence-electron chi connectivity index (χ4n) is 2.30. The van der Waals surface area contributed by atoms with Gasteiger partial charge in [0.15, 0.2) is 0 Å². The lowest BCUT2D eigenvalue weighted by atomic mass is 10.1. The highest BCUT2D eigenvalue weighted by Crippen LogP contribution is 2.24. The van der Waals surface area contributed by atoms with E-state index in [0.717, 1.165) is 4.31 Å². The number of amides is 1. The van der Waals surface area contributed by atoms with Crippen LogP contribution >= 0.6 is 0 Å². The number of nitro benzene ring substituents is 1. The van der Waals surface area contributed by atoms with Crippen LogP contribution in [0.4, 0.5) is 11.4 Å². The van der Waals surface area contributed by atoms with E-state index in [1.165, 1.54) is 38.4 Å². The van der Waals surface area contributed by atoms with E-state index in [1.807, 2.05) is 0 Å². The number of hydrogen-bond acceptors (Lipinski definition) is 5. The van der Waals surface area contributed by atoms with Gasteiger partial charge in [0, 0.05) is 37.0 Å². The normalized spacial score (nSPS) is 11.4. The molecule has 0 atom stereocenters. The highest BCUT2D eigenvalue weighted by Gasteiger charge is 2.21. The molecule has 26 heavy (non-hydrogen) atoms. The standard InChI is InChI=1S/C17H19N3O5S/c1-11-5-7-13(9-15(11)20(22)23)17(21)18-14-8-6-12(2)16(10-14)26(24,25)19(3)4/h5-10H,1-4H3,(H,18,21). The summed E-state index contributed by atoms with van der Waals surface area (Å²) < 4.78 is 25.8.